The third-order valence-electron chi connectivity index (χ3n) is 5.61. The highest BCUT2D eigenvalue weighted by Gasteiger charge is 2.24. The summed E-state index contributed by atoms with van der Waals surface area (Å²) in [6.07, 6.45) is 3.31. The van der Waals surface area contributed by atoms with Crippen molar-refractivity contribution in [1.82, 2.24) is 10.2 Å². The molecule has 1 aliphatic rings. The van der Waals surface area contributed by atoms with Gasteiger partial charge in [0.05, 0.1) is 6.10 Å². The number of halogens is 1. The number of carbonyl (C=O) groups is 1. The molecule has 0 bridgehead atoms. The number of piperidine rings is 1. The monoisotopic (exact) mass is 412 g/mol. The summed E-state index contributed by atoms with van der Waals surface area (Å²) >= 11 is 0. The van der Waals surface area contributed by atoms with E-state index in [9.17, 15) is 9.18 Å². The van der Waals surface area contributed by atoms with Gasteiger partial charge in [-0.2, -0.15) is 0 Å². The van der Waals surface area contributed by atoms with E-state index in [-0.39, 0.29) is 29.8 Å². The molecule has 0 spiro atoms. The van der Waals surface area contributed by atoms with Crippen LogP contribution in [0.25, 0.3) is 0 Å². The number of ether oxygens (including phenoxy) is 1. The highest BCUT2D eigenvalue weighted by atomic mass is 19.1. The van der Waals surface area contributed by atoms with Gasteiger partial charge in [0.1, 0.15) is 11.6 Å². The lowest BCUT2D eigenvalue weighted by molar-refractivity contribution is -0.126. The summed E-state index contributed by atoms with van der Waals surface area (Å²) in [5.41, 5.74) is 2.07. The van der Waals surface area contributed by atoms with Crippen molar-refractivity contribution < 1.29 is 13.9 Å². The number of benzene rings is 2. The normalized spacial score (nSPS) is 16.4. The zero-order valence-electron chi connectivity index (χ0n) is 18.2. The zero-order chi connectivity index (χ0) is 21.5. The maximum atomic E-state index is 13.3. The summed E-state index contributed by atoms with van der Waals surface area (Å²) in [5.74, 6) is 0.454. The van der Waals surface area contributed by atoms with Crippen LogP contribution in [0.4, 0.5) is 4.39 Å². The van der Waals surface area contributed by atoms with Crippen molar-refractivity contribution in [3.63, 3.8) is 0 Å². The van der Waals surface area contributed by atoms with Crippen molar-refractivity contribution in [2.75, 3.05) is 20.1 Å². The number of nitrogens with one attached hydrogen (secondary N) is 1. The first-order valence-corrected chi connectivity index (χ1v) is 10.9. The Morgan fingerprint density at radius 3 is 2.10 bits per heavy atom. The van der Waals surface area contributed by atoms with Crippen LogP contribution in [-0.4, -0.2) is 43.1 Å². The fraction of sp³-hybridized carbons (Fsp3) is 0.480. The van der Waals surface area contributed by atoms with E-state index in [1.165, 1.54) is 12.1 Å². The van der Waals surface area contributed by atoms with Gasteiger partial charge in [-0.1, -0.05) is 24.3 Å². The topological polar surface area (TPSA) is 41.6 Å². The Balaban J connectivity index is 1.69. The molecule has 0 radical (unpaired) electrons. The molecule has 0 aromatic heterocycles. The molecule has 1 aliphatic heterocycles. The minimum atomic E-state index is -0.258. The molecule has 1 atom stereocenters. The van der Waals surface area contributed by atoms with Gasteiger partial charge in [0, 0.05) is 12.0 Å². The molecule has 0 aliphatic carbocycles. The van der Waals surface area contributed by atoms with Crippen molar-refractivity contribution in [2.45, 2.75) is 51.7 Å². The molecule has 1 amide bonds. The Kier molecular flexibility index (Phi) is 7.86. The Labute approximate surface area is 179 Å². The summed E-state index contributed by atoms with van der Waals surface area (Å²) in [6, 6.07) is 14.6. The molecule has 3 rings (SSSR count). The number of nitrogens with zero attached hydrogens (tertiary/aromatic N) is 1. The SMILES string of the molecule is CC(C)Oc1ccc(CC(Cc2ccc(F)cc2)C(=O)NC2CCN(C)CC2)cc1. The predicted octanol–water partition coefficient (Wildman–Crippen LogP) is 4.22. The van der Waals surface area contributed by atoms with E-state index >= 15 is 0 Å². The van der Waals surface area contributed by atoms with E-state index in [0.29, 0.717) is 12.8 Å². The van der Waals surface area contributed by atoms with Crippen LogP contribution in [0.1, 0.15) is 37.8 Å². The largest absolute Gasteiger partial charge is 0.491 e. The van der Waals surface area contributed by atoms with E-state index in [1.807, 2.05) is 38.1 Å². The third kappa shape index (κ3) is 6.84. The fourth-order valence-corrected chi connectivity index (χ4v) is 3.90. The molecule has 162 valence electrons. The van der Waals surface area contributed by atoms with Crippen molar-refractivity contribution in [2.24, 2.45) is 5.92 Å². The van der Waals surface area contributed by atoms with E-state index in [2.05, 4.69) is 17.3 Å². The molecule has 1 fully saturated rings. The van der Waals surface area contributed by atoms with Gasteiger partial charge >= 0.3 is 0 Å². The Morgan fingerprint density at radius 1 is 1.03 bits per heavy atom. The second-order valence-electron chi connectivity index (χ2n) is 8.63. The van der Waals surface area contributed by atoms with Crippen LogP contribution in [0.15, 0.2) is 48.5 Å². The van der Waals surface area contributed by atoms with Crippen molar-refractivity contribution >= 4 is 5.91 Å². The average molecular weight is 413 g/mol. The van der Waals surface area contributed by atoms with Gasteiger partial charge in [-0.25, -0.2) is 4.39 Å². The lowest BCUT2D eigenvalue weighted by Gasteiger charge is -2.30. The van der Waals surface area contributed by atoms with Crippen molar-refractivity contribution in [1.29, 1.82) is 0 Å². The minimum absolute atomic E-state index is 0.0800. The zero-order valence-corrected chi connectivity index (χ0v) is 18.2. The van der Waals surface area contributed by atoms with E-state index in [0.717, 1.165) is 42.8 Å². The molecule has 1 saturated heterocycles. The van der Waals surface area contributed by atoms with E-state index in [1.54, 1.807) is 12.1 Å². The quantitative estimate of drug-likeness (QED) is 0.706. The molecule has 1 unspecified atom stereocenters. The first kappa shape index (κ1) is 22.3. The molecule has 30 heavy (non-hydrogen) atoms. The van der Waals surface area contributed by atoms with Gasteiger partial charge in [0.2, 0.25) is 5.91 Å². The Hall–Kier alpha value is -2.40. The van der Waals surface area contributed by atoms with Gasteiger partial charge in [-0.05, 0) is 95.1 Å². The molecular weight excluding hydrogens is 379 g/mol. The number of likely N-dealkylation sites (tertiary alicyclic amines) is 1. The second kappa shape index (κ2) is 10.6. The van der Waals surface area contributed by atoms with Crippen molar-refractivity contribution in [3.05, 3.63) is 65.5 Å². The Morgan fingerprint density at radius 2 is 1.57 bits per heavy atom. The van der Waals surface area contributed by atoms with Gasteiger partial charge in [0.25, 0.3) is 0 Å². The molecule has 5 heteroatoms. The number of amides is 1. The smallest absolute Gasteiger partial charge is 0.223 e. The first-order chi connectivity index (χ1) is 14.4. The molecule has 0 saturated carbocycles. The lowest BCUT2D eigenvalue weighted by Crippen LogP contribution is -2.46. The van der Waals surface area contributed by atoms with E-state index < -0.39 is 0 Å². The van der Waals surface area contributed by atoms with Gasteiger partial charge in [-0.3, -0.25) is 4.79 Å². The van der Waals surface area contributed by atoms with Crippen LogP contribution in [0.2, 0.25) is 0 Å². The molecule has 1 heterocycles. The molecule has 2 aromatic carbocycles. The first-order valence-electron chi connectivity index (χ1n) is 10.9. The highest BCUT2D eigenvalue weighted by Crippen LogP contribution is 2.20. The minimum Gasteiger partial charge on any atom is -0.491 e. The summed E-state index contributed by atoms with van der Waals surface area (Å²) in [5, 5.41) is 3.26. The average Bonchev–Trinajstić information content (AvgIpc) is 2.72. The maximum absolute atomic E-state index is 13.3. The fourth-order valence-electron chi connectivity index (χ4n) is 3.90. The maximum Gasteiger partial charge on any atom is 0.223 e. The predicted molar refractivity (Wildman–Crippen MR) is 118 cm³/mol. The second-order valence-corrected chi connectivity index (χ2v) is 8.63. The van der Waals surface area contributed by atoms with Gasteiger partial charge < -0.3 is 15.0 Å². The highest BCUT2D eigenvalue weighted by molar-refractivity contribution is 5.79. The Bertz CT molecular complexity index is 797. The molecule has 2 aromatic rings. The summed E-state index contributed by atoms with van der Waals surface area (Å²) in [4.78, 5) is 15.4. The van der Waals surface area contributed by atoms with Gasteiger partial charge in [-0.15, -0.1) is 0 Å². The van der Waals surface area contributed by atoms with Crippen LogP contribution < -0.4 is 10.1 Å². The standard InChI is InChI=1S/C25H33FN2O2/c1-18(2)30-24-10-6-20(7-11-24)17-21(16-19-4-8-22(26)9-5-19)25(29)27-23-12-14-28(3)15-13-23/h4-11,18,21,23H,12-17H2,1-3H3,(H,27,29). The van der Waals surface area contributed by atoms with Crippen LogP contribution >= 0.6 is 0 Å². The van der Waals surface area contributed by atoms with E-state index in [4.69, 9.17) is 4.74 Å². The number of hydrogen-bond acceptors (Lipinski definition) is 3. The molecular formula is C25H33FN2O2. The van der Waals surface area contributed by atoms with Crippen LogP contribution in [0.5, 0.6) is 5.75 Å². The summed E-state index contributed by atoms with van der Waals surface area (Å²) in [7, 11) is 2.11. The molecule has 4 nitrogen and oxygen atoms in total. The van der Waals surface area contributed by atoms with Crippen LogP contribution in [0.3, 0.4) is 0 Å². The van der Waals surface area contributed by atoms with Crippen LogP contribution in [-0.2, 0) is 17.6 Å². The number of hydrogen-bond donors (Lipinski definition) is 1. The van der Waals surface area contributed by atoms with Crippen LogP contribution in [0, 0.1) is 11.7 Å². The third-order valence-corrected chi connectivity index (χ3v) is 5.61. The van der Waals surface area contributed by atoms with Crippen molar-refractivity contribution in [3.8, 4) is 5.75 Å². The number of carbonyl (C=O) groups excluding carboxylic acids is 1. The summed E-state index contributed by atoms with van der Waals surface area (Å²) in [6.45, 7) is 6.01. The molecule has 1 N–H and O–H groups in total. The summed E-state index contributed by atoms with van der Waals surface area (Å²) < 4.78 is 19.0. The number of rotatable bonds is 8. The van der Waals surface area contributed by atoms with Gasteiger partial charge in [0.15, 0.2) is 0 Å². The lowest BCUT2D eigenvalue weighted by atomic mass is 9.91.